The van der Waals surface area contributed by atoms with E-state index < -0.39 is 0 Å². The van der Waals surface area contributed by atoms with E-state index in [1.54, 1.807) is 0 Å². The van der Waals surface area contributed by atoms with Gasteiger partial charge in [0.2, 0.25) is 5.91 Å². The third-order valence-electron chi connectivity index (χ3n) is 3.92. The molecule has 5 nitrogen and oxygen atoms in total. The average molecular weight is 269 g/mol. The van der Waals surface area contributed by atoms with E-state index in [0.717, 1.165) is 58.9 Å². The summed E-state index contributed by atoms with van der Waals surface area (Å²) in [5, 5.41) is 3.27. The fourth-order valence-electron chi connectivity index (χ4n) is 2.70. The fourth-order valence-corrected chi connectivity index (χ4v) is 2.70. The predicted octanol–water partition coefficient (Wildman–Crippen LogP) is 0.311. The van der Waals surface area contributed by atoms with Gasteiger partial charge in [-0.2, -0.15) is 0 Å². The van der Waals surface area contributed by atoms with E-state index in [1.165, 1.54) is 19.3 Å². The van der Waals surface area contributed by atoms with Crippen LogP contribution in [0.4, 0.5) is 0 Å². The molecule has 0 atom stereocenters. The molecule has 2 fully saturated rings. The molecule has 0 aromatic rings. The fraction of sp³-hybridized carbons (Fsp3) is 0.929. The lowest BCUT2D eigenvalue weighted by molar-refractivity contribution is -0.131. The minimum absolute atomic E-state index is 0.270. The molecule has 19 heavy (non-hydrogen) atoms. The first-order valence-electron chi connectivity index (χ1n) is 7.65. The van der Waals surface area contributed by atoms with Crippen molar-refractivity contribution in [3.05, 3.63) is 0 Å². The SMILES string of the molecule is O=C(CNCCCN1CCOCC1)N1CCCCC1. The van der Waals surface area contributed by atoms with Gasteiger partial charge in [-0.15, -0.1) is 0 Å². The lowest BCUT2D eigenvalue weighted by atomic mass is 10.1. The van der Waals surface area contributed by atoms with Crippen LogP contribution in [0.15, 0.2) is 0 Å². The van der Waals surface area contributed by atoms with E-state index in [2.05, 4.69) is 10.2 Å². The van der Waals surface area contributed by atoms with Crippen LogP contribution < -0.4 is 5.32 Å². The van der Waals surface area contributed by atoms with Crippen molar-refractivity contribution in [1.29, 1.82) is 0 Å². The third kappa shape index (κ3) is 5.47. The summed E-state index contributed by atoms with van der Waals surface area (Å²) in [4.78, 5) is 16.3. The number of hydrogen-bond acceptors (Lipinski definition) is 4. The summed E-state index contributed by atoms with van der Waals surface area (Å²) in [6.07, 6.45) is 4.72. The number of amides is 1. The van der Waals surface area contributed by atoms with Crippen LogP contribution in [0.5, 0.6) is 0 Å². The second-order valence-corrected chi connectivity index (χ2v) is 5.43. The zero-order valence-corrected chi connectivity index (χ0v) is 11.9. The van der Waals surface area contributed by atoms with Crippen molar-refractivity contribution in [2.45, 2.75) is 25.7 Å². The van der Waals surface area contributed by atoms with Gasteiger partial charge in [0.15, 0.2) is 0 Å². The van der Waals surface area contributed by atoms with Crippen molar-refractivity contribution in [2.24, 2.45) is 0 Å². The first-order chi connectivity index (χ1) is 9.36. The molecule has 110 valence electrons. The smallest absolute Gasteiger partial charge is 0.236 e. The molecular weight excluding hydrogens is 242 g/mol. The Hall–Kier alpha value is -0.650. The lowest BCUT2D eigenvalue weighted by Crippen LogP contribution is -2.42. The number of ether oxygens (including phenoxy) is 1. The van der Waals surface area contributed by atoms with Crippen LogP contribution in [-0.2, 0) is 9.53 Å². The molecule has 1 N–H and O–H groups in total. The number of carbonyl (C=O) groups is 1. The zero-order chi connectivity index (χ0) is 13.3. The number of nitrogens with one attached hydrogen (secondary N) is 1. The Balaban J connectivity index is 1.47. The highest BCUT2D eigenvalue weighted by Crippen LogP contribution is 2.08. The van der Waals surface area contributed by atoms with Crippen molar-refractivity contribution < 1.29 is 9.53 Å². The quantitative estimate of drug-likeness (QED) is 0.705. The monoisotopic (exact) mass is 269 g/mol. The third-order valence-corrected chi connectivity index (χ3v) is 3.92. The second kappa shape index (κ2) is 8.51. The molecule has 0 aliphatic carbocycles. The molecule has 2 saturated heterocycles. The minimum Gasteiger partial charge on any atom is -0.379 e. The topological polar surface area (TPSA) is 44.8 Å². The molecule has 0 aromatic carbocycles. The van der Waals surface area contributed by atoms with E-state index in [-0.39, 0.29) is 5.91 Å². The maximum atomic E-state index is 11.9. The molecular formula is C14H27N3O2. The first-order valence-corrected chi connectivity index (χ1v) is 7.65. The summed E-state index contributed by atoms with van der Waals surface area (Å²) >= 11 is 0. The highest BCUT2D eigenvalue weighted by atomic mass is 16.5. The Morgan fingerprint density at radius 1 is 1.05 bits per heavy atom. The van der Waals surface area contributed by atoms with Gasteiger partial charge < -0.3 is 15.0 Å². The van der Waals surface area contributed by atoms with Crippen molar-refractivity contribution in [1.82, 2.24) is 15.1 Å². The van der Waals surface area contributed by atoms with E-state index in [9.17, 15) is 4.79 Å². The van der Waals surface area contributed by atoms with Gasteiger partial charge in [0, 0.05) is 26.2 Å². The Labute approximate surface area is 116 Å². The van der Waals surface area contributed by atoms with Crippen molar-refractivity contribution >= 4 is 5.91 Å². The van der Waals surface area contributed by atoms with E-state index >= 15 is 0 Å². The van der Waals surface area contributed by atoms with Gasteiger partial charge in [-0.1, -0.05) is 0 Å². The molecule has 0 bridgehead atoms. The van der Waals surface area contributed by atoms with Crippen LogP contribution in [0, 0.1) is 0 Å². The summed E-state index contributed by atoms with van der Waals surface area (Å²) in [5.41, 5.74) is 0. The van der Waals surface area contributed by atoms with Gasteiger partial charge in [0.25, 0.3) is 0 Å². The zero-order valence-electron chi connectivity index (χ0n) is 11.9. The number of piperidine rings is 1. The molecule has 0 aromatic heterocycles. The molecule has 5 heteroatoms. The molecule has 2 aliphatic heterocycles. The van der Waals surface area contributed by atoms with Crippen LogP contribution in [0.2, 0.25) is 0 Å². The Kier molecular flexibility index (Phi) is 6.61. The number of hydrogen-bond donors (Lipinski definition) is 1. The number of morpholine rings is 1. The summed E-state index contributed by atoms with van der Waals surface area (Å²) in [6, 6.07) is 0. The minimum atomic E-state index is 0.270. The predicted molar refractivity (Wildman–Crippen MR) is 75.2 cm³/mol. The first kappa shape index (κ1) is 14.8. The maximum absolute atomic E-state index is 11.9. The van der Waals surface area contributed by atoms with Crippen molar-refractivity contribution in [3.8, 4) is 0 Å². The normalized spacial score (nSPS) is 21.6. The van der Waals surface area contributed by atoms with Gasteiger partial charge in [-0.3, -0.25) is 9.69 Å². The summed E-state index contributed by atoms with van der Waals surface area (Å²) < 4.78 is 5.32. The molecule has 0 radical (unpaired) electrons. The Bertz CT molecular complexity index is 261. The van der Waals surface area contributed by atoms with Gasteiger partial charge in [-0.05, 0) is 38.8 Å². The number of carbonyl (C=O) groups excluding carboxylic acids is 1. The van der Waals surface area contributed by atoms with Crippen LogP contribution in [-0.4, -0.2) is 74.7 Å². The maximum Gasteiger partial charge on any atom is 0.236 e. The van der Waals surface area contributed by atoms with Crippen molar-refractivity contribution in [2.75, 3.05) is 59.0 Å². The Morgan fingerprint density at radius 3 is 2.53 bits per heavy atom. The van der Waals surface area contributed by atoms with Gasteiger partial charge in [0.1, 0.15) is 0 Å². The molecule has 2 rings (SSSR count). The van der Waals surface area contributed by atoms with Crippen molar-refractivity contribution in [3.63, 3.8) is 0 Å². The van der Waals surface area contributed by atoms with E-state index in [0.29, 0.717) is 6.54 Å². The largest absolute Gasteiger partial charge is 0.379 e. The molecule has 0 spiro atoms. The number of rotatable bonds is 6. The molecule has 0 saturated carbocycles. The molecule has 2 heterocycles. The van der Waals surface area contributed by atoms with Crippen LogP contribution in [0.3, 0.4) is 0 Å². The molecule has 2 aliphatic rings. The second-order valence-electron chi connectivity index (χ2n) is 5.43. The van der Waals surface area contributed by atoms with Crippen LogP contribution in [0.1, 0.15) is 25.7 Å². The van der Waals surface area contributed by atoms with E-state index in [1.807, 2.05) is 4.90 Å². The molecule has 0 unspecified atom stereocenters. The summed E-state index contributed by atoms with van der Waals surface area (Å²) in [6.45, 7) is 8.26. The highest BCUT2D eigenvalue weighted by molar-refractivity contribution is 5.78. The number of likely N-dealkylation sites (tertiary alicyclic amines) is 1. The Morgan fingerprint density at radius 2 is 1.79 bits per heavy atom. The standard InChI is InChI=1S/C14H27N3O2/c18-14(17-7-2-1-3-8-17)13-15-5-4-6-16-9-11-19-12-10-16/h15H,1-13H2. The van der Waals surface area contributed by atoms with Crippen LogP contribution in [0.25, 0.3) is 0 Å². The highest BCUT2D eigenvalue weighted by Gasteiger charge is 2.15. The number of nitrogens with zero attached hydrogens (tertiary/aromatic N) is 2. The summed E-state index contributed by atoms with van der Waals surface area (Å²) in [5.74, 6) is 0.270. The molecule has 1 amide bonds. The van der Waals surface area contributed by atoms with Crippen LogP contribution >= 0.6 is 0 Å². The lowest BCUT2D eigenvalue weighted by Gasteiger charge is -2.27. The van der Waals surface area contributed by atoms with Gasteiger partial charge in [-0.25, -0.2) is 0 Å². The van der Waals surface area contributed by atoms with E-state index in [4.69, 9.17) is 4.74 Å². The average Bonchev–Trinajstić information content (AvgIpc) is 2.49. The summed E-state index contributed by atoms with van der Waals surface area (Å²) in [7, 11) is 0. The van der Waals surface area contributed by atoms with Gasteiger partial charge in [0.05, 0.1) is 19.8 Å². The van der Waals surface area contributed by atoms with Gasteiger partial charge >= 0.3 is 0 Å².